The summed E-state index contributed by atoms with van der Waals surface area (Å²) in [7, 11) is 0. The molecule has 0 spiro atoms. The Morgan fingerprint density at radius 3 is 2.41 bits per heavy atom. The number of nitrogens with zero attached hydrogens (tertiary/aromatic N) is 3. The summed E-state index contributed by atoms with van der Waals surface area (Å²) >= 11 is 6.72. The highest BCUT2D eigenvalue weighted by molar-refractivity contribution is 7.07. The summed E-state index contributed by atoms with van der Waals surface area (Å²) in [6, 6.07) is 9.32. The third-order valence-corrected chi connectivity index (χ3v) is 7.44. The van der Waals surface area contributed by atoms with Crippen molar-refractivity contribution in [2.45, 2.75) is 33.0 Å². The van der Waals surface area contributed by atoms with E-state index in [0.29, 0.717) is 10.6 Å². The Morgan fingerprint density at radius 2 is 1.85 bits per heavy atom. The molecule has 3 aromatic rings. The van der Waals surface area contributed by atoms with Gasteiger partial charge in [0.25, 0.3) is 5.56 Å². The van der Waals surface area contributed by atoms with Gasteiger partial charge in [-0.2, -0.15) is 13.2 Å². The number of thiazole rings is 1. The predicted octanol–water partition coefficient (Wildman–Crippen LogP) is 4.55. The van der Waals surface area contributed by atoms with Crippen LogP contribution in [0.3, 0.4) is 0 Å². The summed E-state index contributed by atoms with van der Waals surface area (Å²) in [6.07, 6.45) is -3.61. The number of aromatic hydroxyl groups is 1. The van der Waals surface area contributed by atoms with Crippen molar-refractivity contribution in [2.75, 3.05) is 24.6 Å². The first kappa shape index (κ1) is 28.4. The zero-order chi connectivity index (χ0) is 28.5. The van der Waals surface area contributed by atoms with E-state index < -0.39 is 35.0 Å². The smallest absolute Gasteiger partial charge is 0.434 e. The van der Waals surface area contributed by atoms with Gasteiger partial charge < -0.3 is 14.7 Å². The maximum Gasteiger partial charge on any atom is 0.434 e. The van der Waals surface area contributed by atoms with Crippen LogP contribution in [0.4, 0.5) is 18.9 Å². The monoisotopic (exact) mass is 579 g/mol. The van der Waals surface area contributed by atoms with E-state index in [0.717, 1.165) is 34.7 Å². The maximum absolute atomic E-state index is 14.2. The lowest BCUT2D eigenvalue weighted by atomic mass is 9.95. The molecule has 0 amide bonds. The van der Waals surface area contributed by atoms with Crippen molar-refractivity contribution in [3.05, 3.63) is 89.6 Å². The standard InChI is InChI=1S/C27H25ClF3N3O4S/c1-4-33(5-2)18-12-9-16(19(35)14-18)13-20-24(36)34-22(15-7-10-17(28)11-8-15)21(25(37)38-6-3)23(27(29,30)31)32-26(34)39-20/h7-14,22,35H,4-6H2,1-3H3/b20-13-/t22-/m0/s1. The second-order valence-electron chi connectivity index (χ2n) is 8.53. The van der Waals surface area contributed by atoms with Crippen molar-refractivity contribution in [3.8, 4) is 5.75 Å². The first-order chi connectivity index (χ1) is 18.5. The van der Waals surface area contributed by atoms with Crippen LogP contribution >= 0.6 is 22.9 Å². The molecule has 0 aliphatic carbocycles. The van der Waals surface area contributed by atoms with E-state index in [2.05, 4.69) is 4.99 Å². The van der Waals surface area contributed by atoms with Gasteiger partial charge in [0.2, 0.25) is 0 Å². The van der Waals surface area contributed by atoms with Crippen molar-refractivity contribution in [3.63, 3.8) is 0 Å². The second-order valence-corrected chi connectivity index (χ2v) is 9.98. The van der Waals surface area contributed by atoms with Gasteiger partial charge in [0, 0.05) is 35.4 Å². The lowest BCUT2D eigenvalue weighted by Gasteiger charge is -2.26. The number of halogens is 4. The van der Waals surface area contributed by atoms with Gasteiger partial charge in [-0.15, -0.1) is 0 Å². The molecule has 39 heavy (non-hydrogen) atoms. The Hall–Kier alpha value is -3.57. The molecule has 0 saturated carbocycles. The van der Waals surface area contributed by atoms with Crippen LogP contribution in [0.15, 0.2) is 63.5 Å². The van der Waals surface area contributed by atoms with Crippen LogP contribution in [0.1, 0.15) is 37.9 Å². The normalized spacial score (nSPS) is 15.7. The third-order valence-electron chi connectivity index (χ3n) is 6.21. The number of ether oxygens (including phenoxy) is 1. The largest absolute Gasteiger partial charge is 0.507 e. The number of rotatable bonds is 7. The van der Waals surface area contributed by atoms with Crippen LogP contribution in [0.5, 0.6) is 5.75 Å². The molecule has 7 nitrogen and oxygen atoms in total. The predicted molar refractivity (Wildman–Crippen MR) is 144 cm³/mol. The van der Waals surface area contributed by atoms with E-state index in [9.17, 15) is 27.9 Å². The molecule has 4 rings (SSSR count). The maximum atomic E-state index is 14.2. The highest BCUT2D eigenvalue weighted by Gasteiger charge is 2.45. The first-order valence-electron chi connectivity index (χ1n) is 12.1. The highest BCUT2D eigenvalue weighted by atomic mass is 35.5. The Kier molecular flexibility index (Phi) is 8.22. The van der Waals surface area contributed by atoms with Crippen LogP contribution in [0.2, 0.25) is 5.02 Å². The van der Waals surface area contributed by atoms with Crippen LogP contribution < -0.4 is 19.8 Å². The van der Waals surface area contributed by atoms with Gasteiger partial charge in [-0.25, -0.2) is 9.79 Å². The Labute approximate surface area is 230 Å². The van der Waals surface area contributed by atoms with Crippen LogP contribution in [0, 0.1) is 0 Å². The van der Waals surface area contributed by atoms with Crippen molar-refractivity contribution in [1.29, 1.82) is 0 Å². The number of aromatic nitrogens is 1. The topological polar surface area (TPSA) is 84.1 Å². The SMILES string of the molecule is CCOC(=O)C1=C(C(F)(F)F)N=c2s/c(=C\c3ccc(N(CC)CC)cc3O)c(=O)n2[C@H]1c1ccc(Cl)cc1. The quantitative estimate of drug-likeness (QED) is 0.415. The lowest BCUT2D eigenvalue weighted by Crippen LogP contribution is -2.41. The lowest BCUT2D eigenvalue weighted by molar-refractivity contribution is -0.140. The summed E-state index contributed by atoms with van der Waals surface area (Å²) in [6.45, 7) is 6.70. The number of allylic oxidation sites excluding steroid dienone is 1. The number of hydrogen-bond donors (Lipinski definition) is 1. The molecule has 1 aromatic heterocycles. The molecule has 0 saturated heterocycles. The zero-order valence-electron chi connectivity index (χ0n) is 21.3. The number of carbonyl (C=O) groups is 1. The molecule has 0 unspecified atom stereocenters. The molecular weight excluding hydrogens is 555 g/mol. The molecule has 1 aliphatic heterocycles. The number of hydrogen-bond acceptors (Lipinski definition) is 7. The molecule has 0 bridgehead atoms. The van der Waals surface area contributed by atoms with Crippen LogP contribution in [-0.2, 0) is 9.53 Å². The van der Waals surface area contributed by atoms with E-state index in [-0.39, 0.29) is 27.3 Å². The Balaban J connectivity index is 1.97. The van der Waals surface area contributed by atoms with Crippen molar-refractivity contribution in [1.82, 2.24) is 4.57 Å². The van der Waals surface area contributed by atoms with Crippen LogP contribution in [-0.4, -0.2) is 41.5 Å². The minimum absolute atomic E-state index is 0.0326. The van der Waals surface area contributed by atoms with Crippen molar-refractivity contribution in [2.24, 2.45) is 4.99 Å². The first-order valence-corrected chi connectivity index (χ1v) is 13.3. The van der Waals surface area contributed by atoms with Gasteiger partial charge in [-0.1, -0.05) is 35.1 Å². The highest BCUT2D eigenvalue weighted by Crippen LogP contribution is 2.38. The summed E-state index contributed by atoms with van der Waals surface area (Å²) in [5.74, 6) is -1.32. The summed E-state index contributed by atoms with van der Waals surface area (Å²) < 4.78 is 48.6. The number of phenolic OH excluding ortho intramolecular Hbond substituents is 1. The van der Waals surface area contributed by atoms with E-state index in [4.69, 9.17) is 16.3 Å². The van der Waals surface area contributed by atoms with E-state index in [1.54, 1.807) is 18.2 Å². The molecule has 2 aromatic carbocycles. The number of alkyl halides is 3. The van der Waals surface area contributed by atoms with E-state index >= 15 is 0 Å². The molecule has 1 aliphatic rings. The Morgan fingerprint density at radius 1 is 1.18 bits per heavy atom. The number of carbonyl (C=O) groups excluding carboxylic acids is 1. The molecule has 206 valence electrons. The fourth-order valence-electron chi connectivity index (χ4n) is 4.38. The van der Waals surface area contributed by atoms with Gasteiger partial charge >= 0.3 is 12.1 Å². The van der Waals surface area contributed by atoms with Gasteiger partial charge in [-0.3, -0.25) is 9.36 Å². The molecule has 1 N–H and O–H groups in total. The number of phenols is 1. The van der Waals surface area contributed by atoms with Gasteiger partial charge in [-0.05, 0) is 56.7 Å². The van der Waals surface area contributed by atoms with Crippen molar-refractivity contribution >= 4 is 40.7 Å². The van der Waals surface area contributed by atoms with Gasteiger partial charge in [0.05, 0.1) is 22.8 Å². The van der Waals surface area contributed by atoms with Gasteiger partial charge in [0.1, 0.15) is 5.75 Å². The molecule has 0 radical (unpaired) electrons. The average Bonchev–Trinajstić information content (AvgIpc) is 3.20. The summed E-state index contributed by atoms with van der Waals surface area (Å²) in [4.78, 5) is 32.0. The summed E-state index contributed by atoms with van der Waals surface area (Å²) in [5, 5.41) is 11.0. The van der Waals surface area contributed by atoms with E-state index in [1.807, 2.05) is 18.7 Å². The zero-order valence-corrected chi connectivity index (χ0v) is 22.8. The van der Waals surface area contributed by atoms with Gasteiger partial charge in [0.15, 0.2) is 10.5 Å². The number of anilines is 1. The number of benzene rings is 2. The number of fused-ring (bicyclic) bond motifs is 1. The van der Waals surface area contributed by atoms with Crippen molar-refractivity contribution < 1.29 is 27.8 Å². The molecule has 12 heteroatoms. The van der Waals surface area contributed by atoms with E-state index in [1.165, 1.54) is 37.3 Å². The fourth-order valence-corrected chi connectivity index (χ4v) is 5.50. The number of esters is 1. The Bertz CT molecular complexity index is 1610. The minimum atomic E-state index is -5.00. The molecule has 0 fully saturated rings. The molecule has 1 atom stereocenters. The van der Waals surface area contributed by atoms with Crippen LogP contribution in [0.25, 0.3) is 6.08 Å². The minimum Gasteiger partial charge on any atom is -0.507 e. The third kappa shape index (κ3) is 5.60. The summed E-state index contributed by atoms with van der Waals surface area (Å²) in [5.41, 5.74) is -1.59. The molecule has 2 heterocycles. The average molecular weight is 580 g/mol. The molecular formula is C27H25ClF3N3O4S. The fraction of sp³-hybridized carbons (Fsp3) is 0.296. The second kappa shape index (κ2) is 11.3.